The van der Waals surface area contributed by atoms with E-state index in [0.717, 1.165) is 24.3 Å². The molecule has 0 spiro atoms. The van der Waals surface area contributed by atoms with Gasteiger partial charge in [-0.2, -0.15) is 17.0 Å². The molecule has 1 rings (SSSR count). The fourth-order valence-corrected chi connectivity index (χ4v) is 2.24. The molecular formula is C6H8ClNS. The van der Waals surface area contributed by atoms with Crippen molar-refractivity contribution >= 4 is 23.4 Å². The van der Waals surface area contributed by atoms with Gasteiger partial charge < -0.3 is 0 Å². The van der Waals surface area contributed by atoms with Crippen molar-refractivity contribution in [1.82, 2.24) is 0 Å². The van der Waals surface area contributed by atoms with Gasteiger partial charge in [0.25, 0.3) is 0 Å². The van der Waals surface area contributed by atoms with Gasteiger partial charge in [0.05, 0.1) is 6.07 Å². The molecule has 0 aliphatic carbocycles. The summed E-state index contributed by atoms with van der Waals surface area (Å²) in [6, 6.07) is 2.12. The Morgan fingerprint density at radius 1 is 1.67 bits per heavy atom. The summed E-state index contributed by atoms with van der Waals surface area (Å²) < 4.78 is 0. The molecule has 50 valence electrons. The molecule has 3 heteroatoms. The van der Waals surface area contributed by atoms with Gasteiger partial charge in [0.15, 0.2) is 0 Å². The summed E-state index contributed by atoms with van der Waals surface area (Å²) in [5.74, 6) is 1.96. The van der Waals surface area contributed by atoms with Gasteiger partial charge in [-0.25, -0.2) is 0 Å². The third-order valence-electron chi connectivity index (χ3n) is 1.39. The molecular weight excluding hydrogens is 154 g/mol. The largest absolute Gasteiger partial charge is 0.196 e. The van der Waals surface area contributed by atoms with Crippen LogP contribution >= 0.6 is 23.4 Å². The van der Waals surface area contributed by atoms with Crippen molar-refractivity contribution in [3.8, 4) is 6.07 Å². The lowest BCUT2D eigenvalue weighted by Gasteiger charge is -2.22. The second kappa shape index (κ2) is 2.81. The fraction of sp³-hybridized carbons (Fsp3) is 0.833. The first-order chi connectivity index (χ1) is 4.27. The lowest BCUT2D eigenvalue weighted by Crippen LogP contribution is -2.26. The number of nitriles is 1. The molecule has 9 heavy (non-hydrogen) atoms. The molecule has 0 aromatic rings. The van der Waals surface area contributed by atoms with E-state index < -0.39 is 4.87 Å². The van der Waals surface area contributed by atoms with Gasteiger partial charge in [0.2, 0.25) is 0 Å². The molecule has 1 aliphatic heterocycles. The van der Waals surface area contributed by atoms with Crippen molar-refractivity contribution < 1.29 is 0 Å². The number of halogens is 1. The average molecular weight is 162 g/mol. The summed E-state index contributed by atoms with van der Waals surface area (Å²) >= 11 is 7.65. The first-order valence-corrected chi connectivity index (χ1v) is 4.48. The fourth-order valence-electron chi connectivity index (χ4n) is 0.849. The van der Waals surface area contributed by atoms with Gasteiger partial charge in [-0.05, 0) is 18.6 Å². The number of hydrogen-bond acceptors (Lipinski definition) is 2. The number of thioether (sulfide) groups is 1. The lowest BCUT2D eigenvalue weighted by atomic mass is 10.1. The molecule has 1 unspecified atom stereocenters. The molecule has 0 saturated carbocycles. The van der Waals surface area contributed by atoms with Crippen LogP contribution in [0, 0.1) is 11.3 Å². The summed E-state index contributed by atoms with van der Waals surface area (Å²) in [5.41, 5.74) is 0. The Morgan fingerprint density at radius 3 is 2.78 bits per heavy atom. The third kappa shape index (κ3) is 1.77. The van der Waals surface area contributed by atoms with Crippen molar-refractivity contribution in [2.45, 2.75) is 17.7 Å². The van der Waals surface area contributed by atoms with Crippen LogP contribution in [-0.4, -0.2) is 16.4 Å². The summed E-state index contributed by atoms with van der Waals surface area (Å²) in [6.07, 6.45) is 1.94. The van der Waals surface area contributed by atoms with Crippen LogP contribution in [-0.2, 0) is 0 Å². The van der Waals surface area contributed by atoms with Gasteiger partial charge >= 0.3 is 0 Å². The smallest absolute Gasteiger partial charge is 0.140 e. The van der Waals surface area contributed by atoms with Crippen LogP contribution in [0.1, 0.15) is 12.8 Å². The molecule has 1 heterocycles. The normalized spacial score (nSPS) is 35.6. The van der Waals surface area contributed by atoms with Crippen LogP contribution in [0.2, 0.25) is 0 Å². The maximum Gasteiger partial charge on any atom is 0.140 e. The molecule has 1 fully saturated rings. The first-order valence-electron chi connectivity index (χ1n) is 2.95. The topological polar surface area (TPSA) is 23.8 Å². The highest BCUT2D eigenvalue weighted by atomic mass is 35.5. The zero-order chi connectivity index (χ0) is 6.74. The number of alkyl halides is 1. The minimum absolute atomic E-state index is 0.539. The Hall–Kier alpha value is 0.130. The minimum atomic E-state index is -0.539. The number of hydrogen-bond donors (Lipinski definition) is 0. The van der Waals surface area contributed by atoms with Gasteiger partial charge in [0, 0.05) is 5.75 Å². The molecule has 0 amide bonds. The predicted octanol–water partition coefficient (Wildman–Crippen LogP) is 2.01. The quantitative estimate of drug-likeness (QED) is 0.508. The average Bonchev–Trinajstić information content (AvgIpc) is 1.90. The molecule has 1 atom stereocenters. The van der Waals surface area contributed by atoms with Crippen LogP contribution in [0.15, 0.2) is 0 Å². The number of nitrogens with zero attached hydrogens (tertiary/aromatic N) is 1. The summed E-state index contributed by atoms with van der Waals surface area (Å²) in [6.45, 7) is 0. The molecule has 0 aromatic carbocycles. The maximum atomic E-state index is 8.56. The van der Waals surface area contributed by atoms with Crippen LogP contribution < -0.4 is 0 Å². The van der Waals surface area contributed by atoms with E-state index in [2.05, 4.69) is 6.07 Å². The lowest BCUT2D eigenvalue weighted by molar-refractivity contribution is 0.676. The summed E-state index contributed by atoms with van der Waals surface area (Å²) in [5, 5.41) is 8.56. The van der Waals surface area contributed by atoms with Gasteiger partial charge in [-0.3, -0.25) is 0 Å². The van der Waals surface area contributed by atoms with Crippen molar-refractivity contribution in [2.24, 2.45) is 0 Å². The zero-order valence-corrected chi connectivity index (χ0v) is 6.63. The zero-order valence-electron chi connectivity index (χ0n) is 5.06. The summed E-state index contributed by atoms with van der Waals surface area (Å²) in [4.78, 5) is -0.539. The Morgan fingerprint density at radius 2 is 2.44 bits per heavy atom. The minimum Gasteiger partial charge on any atom is -0.196 e. The van der Waals surface area contributed by atoms with Crippen LogP contribution in [0.4, 0.5) is 0 Å². The molecule has 0 N–H and O–H groups in total. The van der Waals surface area contributed by atoms with Gasteiger partial charge in [-0.1, -0.05) is 0 Å². The Bertz CT molecular complexity index is 134. The van der Waals surface area contributed by atoms with Crippen molar-refractivity contribution in [3.63, 3.8) is 0 Å². The highest BCUT2D eigenvalue weighted by Gasteiger charge is 2.29. The standard InChI is InChI=1S/C6H8ClNS/c7-6(4-8)2-1-3-9-5-6/h1-3,5H2. The van der Waals surface area contributed by atoms with E-state index in [4.69, 9.17) is 16.9 Å². The van der Waals surface area contributed by atoms with Crippen LogP contribution in [0.5, 0.6) is 0 Å². The third-order valence-corrected chi connectivity index (χ3v) is 3.23. The first kappa shape index (κ1) is 7.24. The molecule has 1 nitrogen and oxygen atoms in total. The van der Waals surface area contributed by atoms with Gasteiger partial charge in [-0.15, -0.1) is 11.6 Å². The highest BCUT2D eigenvalue weighted by Crippen LogP contribution is 2.31. The van der Waals surface area contributed by atoms with E-state index >= 15 is 0 Å². The molecule has 0 bridgehead atoms. The van der Waals surface area contributed by atoms with E-state index in [1.165, 1.54) is 0 Å². The Balaban J connectivity index is 2.49. The van der Waals surface area contributed by atoms with E-state index in [0.29, 0.717) is 0 Å². The molecule has 0 aromatic heterocycles. The van der Waals surface area contributed by atoms with Crippen molar-refractivity contribution in [2.75, 3.05) is 11.5 Å². The highest BCUT2D eigenvalue weighted by molar-refractivity contribution is 7.99. The van der Waals surface area contributed by atoms with Crippen molar-refractivity contribution in [3.05, 3.63) is 0 Å². The second-order valence-electron chi connectivity index (χ2n) is 2.23. The predicted molar refractivity (Wildman–Crippen MR) is 40.8 cm³/mol. The van der Waals surface area contributed by atoms with Gasteiger partial charge in [0.1, 0.15) is 4.87 Å². The molecule has 0 radical (unpaired) electrons. The van der Waals surface area contributed by atoms with Crippen molar-refractivity contribution in [1.29, 1.82) is 5.26 Å². The Kier molecular flexibility index (Phi) is 2.26. The second-order valence-corrected chi connectivity index (χ2v) is 4.06. The Labute approximate surface area is 64.4 Å². The monoisotopic (exact) mass is 161 g/mol. The van der Waals surface area contributed by atoms with E-state index in [1.807, 2.05) is 0 Å². The summed E-state index contributed by atoms with van der Waals surface area (Å²) in [7, 11) is 0. The number of rotatable bonds is 0. The maximum absolute atomic E-state index is 8.56. The van der Waals surface area contributed by atoms with Crippen LogP contribution in [0.25, 0.3) is 0 Å². The van der Waals surface area contributed by atoms with E-state index in [9.17, 15) is 0 Å². The molecule has 1 aliphatic rings. The van der Waals surface area contributed by atoms with Crippen LogP contribution in [0.3, 0.4) is 0 Å². The SMILES string of the molecule is N#CC1(Cl)CCCSC1. The van der Waals surface area contributed by atoms with E-state index in [-0.39, 0.29) is 0 Å². The van der Waals surface area contributed by atoms with E-state index in [1.54, 1.807) is 11.8 Å². The molecule has 1 saturated heterocycles.